The second kappa shape index (κ2) is 5.12. The monoisotopic (exact) mass is 228 g/mol. The van der Waals surface area contributed by atoms with Crippen molar-refractivity contribution in [3.8, 4) is 0 Å². The molecule has 0 aliphatic carbocycles. The average molecular weight is 228 g/mol. The number of rotatable bonds is 3. The molecule has 2 rings (SSSR count). The first-order valence-corrected chi connectivity index (χ1v) is 5.92. The molecule has 2 heterocycles. The van der Waals surface area contributed by atoms with Gasteiger partial charge in [-0.1, -0.05) is 0 Å². The minimum atomic E-state index is -0.432. The number of carbonyl (C=O) groups excluding carboxylic acids is 1. The zero-order chi connectivity index (χ0) is 11.4. The van der Waals surface area contributed by atoms with E-state index in [1.807, 2.05) is 0 Å². The molecule has 0 spiro atoms. The third-order valence-electron chi connectivity index (χ3n) is 3.22. The van der Waals surface area contributed by atoms with Crippen LogP contribution in [0.4, 0.5) is 0 Å². The van der Waals surface area contributed by atoms with Crippen molar-refractivity contribution in [2.75, 3.05) is 32.9 Å². The maximum absolute atomic E-state index is 11.8. The molecule has 1 amide bonds. The molecule has 2 aliphatic heterocycles. The highest BCUT2D eigenvalue weighted by atomic mass is 16.6. The Labute approximate surface area is 95.9 Å². The summed E-state index contributed by atoms with van der Waals surface area (Å²) in [6.45, 7) is 5.30. The Morgan fingerprint density at radius 2 is 2.44 bits per heavy atom. The van der Waals surface area contributed by atoms with E-state index in [2.05, 4.69) is 17.6 Å². The number of hydrogen-bond donors (Lipinski definition) is 2. The van der Waals surface area contributed by atoms with Gasteiger partial charge in [0, 0.05) is 12.1 Å². The van der Waals surface area contributed by atoms with E-state index in [-0.39, 0.29) is 11.4 Å². The number of amides is 1. The van der Waals surface area contributed by atoms with Crippen molar-refractivity contribution in [3.63, 3.8) is 0 Å². The van der Waals surface area contributed by atoms with Crippen LogP contribution in [-0.4, -0.2) is 50.5 Å². The zero-order valence-corrected chi connectivity index (χ0v) is 9.75. The topological polar surface area (TPSA) is 59.6 Å². The van der Waals surface area contributed by atoms with E-state index in [9.17, 15) is 4.79 Å². The van der Waals surface area contributed by atoms with E-state index in [0.29, 0.717) is 26.4 Å². The highest BCUT2D eigenvalue weighted by Crippen LogP contribution is 2.17. The van der Waals surface area contributed by atoms with Crippen LogP contribution in [-0.2, 0) is 14.3 Å². The lowest BCUT2D eigenvalue weighted by molar-refractivity contribution is -0.147. The van der Waals surface area contributed by atoms with Gasteiger partial charge in [0.15, 0.2) is 6.10 Å². The van der Waals surface area contributed by atoms with Crippen LogP contribution in [0.5, 0.6) is 0 Å². The van der Waals surface area contributed by atoms with E-state index < -0.39 is 6.10 Å². The lowest BCUT2D eigenvalue weighted by Crippen LogP contribution is -2.51. The van der Waals surface area contributed by atoms with Crippen molar-refractivity contribution in [2.24, 2.45) is 0 Å². The summed E-state index contributed by atoms with van der Waals surface area (Å²) in [4.78, 5) is 11.8. The second-order valence-electron chi connectivity index (χ2n) is 4.74. The molecule has 16 heavy (non-hydrogen) atoms. The van der Waals surface area contributed by atoms with Crippen LogP contribution in [0.15, 0.2) is 0 Å². The molecule has 0 radical (unpaired) electrons. The van der Waals surface area contributed by atoms with Gasteiger partial charge in [-0.3, -0.25) is 4.79 Å². The van der Waals surface area contributed by atoms with Crippen LogP contribution in [0.3, 0.4) is 0 Å². The molecule has 2 aliphatic rings. The van der Waals surface area contributed by atoms with E-state index in [1.165, 1.54) is 6.42 Å². The van der Waals surface area contributed by atoms with Gasteiger partial charge in [-0.05, 0) is 26.3 Å². The predicted octanol–water partition coefficient (Wildman–Crippen LogP) is -0.340. The van der Waals surface area contributed by atoms with Crippen molar-refractivity contribution >= 4 is 5.91 Å². The van der Waals surface area contributed by atoms with Crippen molar-refractivity contribution in [1.82, 2.24) is 10.6 Å². The van der Waals surface area contributed by atoms with Gasteiger partial charge in [-0.2, -0.15) is 0 Å². The highest BCUT2D eigenvalue weighted by molar-refractivity contribution is 5.81. The van der Waals surface area contributed by atoms with Crippen LogP contribution in [0.2, 0.25) is 0 Å². The van der Waals surface area contributed by atoms with E-state index >= 15 is 0 Å². The normalized spacial score (nSPS) is 34.9. The summed E-state index contributed by atoms with van der Waals surface area (Å²) in [6, 6.07) is 0. The summed E-state index contributed by atoms with van der Waals surface area (Å²) in [6.07, 6.45) is 1.85. The number of ether oxygens (including phenoxy) is 2. The number of nitrogens with one attached hydrogen (secondary N) is 2. The molecule has 2 fully saturated rings. The quantitative estimate of drug-likeness (QED) is 0.694. The fourth-order valence-corrected chi connectivity index (χ4v) is 2.14. The Balaban J connectivity index is 1.74. The van der Waals surface area contributed by atoms with Crippen molar-refractivity contribution < 1.29 is 14.3 Å². The molecule has 2 unspecified atom stereocenters. The Bertz CT molecular complexity index is 246. The second-order valence-corrected chi connectivity index (χ2v) is 4.74. The largest absolute Gasteiger partial charge is 0.376 e. The molecule has 2 saturated heterocycles. The molecule has 0 aromatic heterocycles. The minimum Gasteiger partial charge on any atom is -0.376 e. The fourth-order valence-electron chi connectivity index (χ4n) is 2.14. The smallest absolute Gasteiger partial charge is 0.251 e. The Kier molecular flexibility index (Phi) is 3.78. The van der Waals surface area contributed by atoms with Crippen molar-refractivity contribution in [2.45, 2.75) is 31.4 Å². The molecule has 0 aromatic rings. The number of carbonyl (C=O) groups is 1. The first-order valence-electron chi connectivity index (χ1n) is 5.92. The first-order chi connectivity index (χ1) is 7.70. The predicted molar refractivity (Wildman–Crippen MR) is 59.2 cm³/mol. The molecule has 92 valence electrons. The van der Waals surface area contributed by atoms with Crippen molar-refractivity contribution in [3.05, 3.63) is 0 Å². The fraction of sp³-hybridized carbons (Fsp3) is 0.909. The van der Waals surface area contributed by atoms with Gasteiger partial charge in [0.05, 0.1) is 19.8 Å². The van der Waals surface area contributed by atoms with E-state index in [0.717, 1.165) is 13.0 Å². The van der Waals surface area contributed by atoms with Gasteiger partial charge in [0.25, 0.3) is 5.91 Å². The van der Waals surface area contributed by atoms with Gasteiger partial charge >= 0.3 is 0 Å². The van der Waals surface area contributed by atoms with E-state index in [4.69, 9.17) is 9.47 Å². The van der Waals surface area contributed by atoms with Crippen LogP contribution >= 0.6 is 0 Å². The summed E-state index contributed by atoms with van der Waals surface area (Å²) in [5.74, 6) is -0.0605. The standard InChI is InChI=1S/C11H20N2O3/c1-11(3-2-4-13-11)8-12-10(14)9-7-15-5-6-16-9/h9,13H,2-8H2,1H3,(H,12,14). The van der Waals surface area contributed by atoms with Crippen molar-refractivity contribution in [1.29, 1.82) is 0 Å². The molecule has 5 nitrogen and oxygen atoms in total. The molecule has 0 bridgehead atoms. The van der Waals surface area contributed by atoms with Gasteiger partial charge in [-0.15, -0.1) is 0 Å². The summed E-state index contributed by atoms with van der Waals surface area (Å²) < 4.78 is 10.5. The SMILES string of the molecule is CC1(CNC(=O)C2COCCO2)CCCN1. The van der Waals surface area contributed by atoms with Crippen LogP contribution in [0.1, 0.15) is 19.8 Å². The number of hydrogen-bond acceptors (Lipinski definition) is 4. The molecule has 0 aromatic carbocycles. The zero-order valence-electron chi connectivity index (χ0n) is 9.75. The van der Waals surface area contributed by atoms with Gasteiger partial charge < -0.3 is 20.1 Å². The third kappa shape index (κ3) is 2.93. The Morgan fingerprint density at radius 1 is 1.56 bits per heavy atom. The van der Waals surface area contributed by atoms with E-state index in [1.54, 1.807) is 0 Å². The lowest BCUT2D eigenvalue weighted by atomic mass is 10.0. The molecular weight excluding hydrogens is 208 g/mol. The maximum Gasteiger partial charge on any atom is 0.251 e. The maximum atomic E-state index is 11.8. The lowest BCUT2D eigenvalue weighted by Gasteiger charge is -2.27. The Morgan fingerprint density at radius 3 is 3.06 bits per heavy atom. The van der Waals surface area contributed by atoms with Gasteiger partial charge in [-0.25, -0.2) is 0 Å². The first kappa shape index (κ1) is 11.8. The summed E-state index contributed by atoms with van der Waals surface area (Å²) in [7, 11) is 0. The van der Waals surface area contributed by atoms with Gasteiger partial charge in [0.2, 0.25) is 0 Å². The molecule has 2 N–H and O–H groups in total. The van der Waals surface area contributed by atoms with Crippen LogP contribution in [0.25, 0.3) is 0 Å². The average Bonchev–Trinajstić information content (AvgIpc) is 2.75. The third-order valence-corrected chi connectivity index (χ3v) is 3.22. The minimum absolute atomic E-state index is 0.0468. The highest BCUT2D eigenvalue weighted by Gasteiger charge is 2.30. The van der Waals surface area contributed by atoms with Crippen LogP contribution < -0.4 is 10.6 Å². The van der Waals surface area contributed by atoms with Gasteiger partial charge in [0.1, 0.15) is 0 Å². The Hall–Kier alpha value is -0.650. The molecule has 0 saturated carbocycles. The van der Waals surface area contributed by atoms with Crippen LogP contribution in [0, 0.1) is 0 Å². The summed E-state index contributed by atoms with van der Waals surface area (Å²) >= 11 is 0. The molecule has 5 heteroatoms. The summed E-state index contributed by atoms with van der Waals surface area (Å²) in [5, 5.41) is 6.33. The summed E-state index contributed by atoms with van der Waals surface area (Å²) in [5.41, 5.74) is 0.0468. The molecular formula is C11H20N2O3. The molecule has 2 atom stereocenters.